The summed E-state index contributed by atoms with van der Waals surface area (Å²) in [6.45, 7) is 0. The van der Waals surface area contributed by atoms with Crippen molar-refractivity contribution in [3.63, 3.8) is 0 Å². The fraction of sp³-hybridized carbons (Fsp3) is 0.533. The highest BCUT2D eigenvalue weighted by Gasteiger charge is 2.24. The Bertz CT molecular complexity index is 481. The Morgan fingerprint density at radius 1 is 1.60 bits per heavy atom. The number of hydrogen-bond acceptors (Lipinski definition) is 3. The van der Waals surface area contributed by atoms with Crippen molar-refractivity contribution >= 4 is 17.7 Å². The minimum absolute atomic E-state index is 0.0350. The Morgan fingerprint density at radius 2 is 2.40 bits per heavy atom. The molecule has 1 aliphatic rings. The van der Waals surface area contributed by atoms with Crippen LogP contribution in [-0.4, -0.2) is 24.0 Å². The summed E-state index contributed by atoms with van der Waals surface area (Å²) in [6.07, 6.45) is 5.39. The summed E-state index contributed by atoms with van der Waals surface area (Å²) in [5, 5.41) is 3.01. The lowest BCUT2D eigenvalue weighted by atomic mass is 9.87. The summed E-state index contributed by atoms with van der Waals surface area (Å²) in [5.74, 6) is 0.551. The molecule has 1 aromatic rings. The van der Waals surface area contributed by atoms with E-state index in [9.17, 15) is 9.18 Å². The molecule has 1 aromatic carbocycles. The summed E-state index contributed by atoms with van der Waals surface area (Å²) >= 11 is 1.68. The van der Waals surface area contributed by atoms with E-state index in [0.717, 1.165) is 36.1 Å². The summed E-state index contributed by atoms with van der Waals surface area (Å²) in [6, 6.07) is 4.31. The molecule has 0 saturated carbocycles. The van der Waals surface area contributed by atoms with Crippen LogP contribution in [0.2, 0.25) is 0 Å². The largest absolute Gasteiger partial charge is 0.348 e. The zero-order valence-corrected chi connectivity index (χ0v) is 12.5. The van der Waals surface area contributed by atoms with E-state index in [1.807, 2.05) is 6.26 Å². The maximum Gasteiger partial charge on any atom is 0.237 e. The molecule has 2 unspecified atom stereocenters. The number of fused-ring (bicyclic) bond motifs is 1. The lowest BCUT2D eigenvalue weighted by molar-refractivity contribution is -0.123. The van der Waals surface area contributed by atoms with Gasteiger partial charge in [0.1, 0.15) is 5.82 Å². The Kier molecular flexibility index (Phi) is 5.43. The van der Waals surface area contributed by atoms with Gasteiger partial charge in [-0.15, -0.1) is 0 Å². The van der Waals surface area contributed by atoms with Gasteiger partial charge in [0.2, 0.25) is 5.91 Å². The van der Waals surface area contributed by atoms with Crippen molar-refractivity contribution in [3.05, 3.63) is 35.1 Å². The van der Waals surface area contributed by atoms with E-state index in [-0.39, 0.29) is 17.8 Å². The molecule has 0 bridgehead atoms. The zero-order chi connectivity index (χ0) is 14.5. The van der Waals surface area contributed by atoms with Crippen LogP contribution in [0.4, 0.5) is 4.39 Å². The molecular formula is C15H21FN2OS. The predicted octanol–water partition coefficient (Wildman–Crippen LogP) is 2.40. The van der Waals surface area contributed by atoms with Gasteiger partial charge in [0, 0.05) is 0 Å². The summed E-state index contributed by atoms with van der Waals surface area (Å²) in [5.41, 5.74) is 7.91. The highest BCUT2D eigenvalue weighted by molar-refractivity contribution is 7.98. The maximum absolute atomic E-state index is 13.2. The number of benzene rings is 1. The van der Waals surface area contributed by atoms with E-state index in [0.29, 0.717) is 6.42 Å². The normalized spacial score (nSPS) is 19.2. The number of hydrogen-bond donors (Lipinski definition) is 2. The minimum Gasteiger partial charge on any atom is -0.348 e. The molecule has 20 heavy (non-hydrogen) atoms. The number of halogens is 1. The predicted molar refractivity (Wildman–Crippen MR) is 81.2 cm³/mol. The minimum atomic E-state index is -0.465. The second-order valence-electron chi connectivity index (χ2n) is 5.18. The number of thioether (sulfide) groups is 1. The number of carbonyl (C=O) groups is 1. The van der Waals surface area contributed by atoms with Gasteiger partial charge in [0.05, 0.1) is 12.1 Å². The molecule has 0 fully saturated rings. The average molecular weight is 296 g/mol. The molecule has 1 amide bonds. The van der Waals surface area contributed by atoms with Crippen molar-refractivity contribution in [2.24, 2.45) is 5.73 Å². The van der Waals surface area contributed by atoms with Crippen LogP contribution in [0, 0.1) is 5.82 Å². The van der Waals surface area contributed by atoms with E-state index >= 15 is 0 Å². The lowest BCUT2D eigenvalue weighted by Gasteiger charge is -2.27. The van der Waals surface area contributed by atoms with Crippen LogP contribution in [0.15, 0.2) is 18.2 Å². The SMILES string of the molecule is CSCCC(N)C(=O)NC1CCCc2cc(F)ccc21. The van der Waals surface area contributed by atoms with Crippen molar-refractivity contribution in [2.75, 3.05) is 12.0 Å². The first-order valence-electron chi connectivity index (χ1n) is 6.95. The van der Waals surface area contributed by atoms with Crippen LogP contribution in [-0.2, 0) is 11.2 Å². The van der Waals surface area contributed by atoms with Crippen LogP contribution < -0.4 is 11.1 Å². The van der Waals surface area contributed by atoms with E-state index in [1.54, 1.807) is 23.9 Å². The van der Waals surface area contributed by atoms with Crippen molar-refractivity contribution < 1.29 is 9.18 Å². The third-order valence-electron chi connectivity index (χ3n) is 3.71. The van der Waals surface area contributed by atoms with Gasteiger partial charge >= 0.3 is 0 Å². The number of rotatable bonds is 5. The molecule has 0 heterocycles. The van der Waals surface area contributed by atoms with Crippen molar-refractivity contribution in [1.29, 1.82) is 0 Å². The maximum atomic E-state index is 13.2. The fourth-order valence-electron chi connectivity index (χ4n) is 2.59. The van der Waals surface area contributed by atoms with Crippen LogP contribution in [0.1, 0.15) is 36.4 Å². The highest BCUT2D eigenvalue weighted by Crippen LogP contribution is 2.30. The van der Waals surface area contributed by atoms with Gasteiger partial charge in [0.15, 0.2) is 0 Å². The summed E-state index contributed by atoms with van der Waals surface area (Å²) in [4.78, 5) is 12.1. The van der Waals surface area contributed by atoms with Gasteiger partial charge in [0.25, 0.3) is 0 Å². The second kappa shape index (κ2) is 7.09. The Labute approximate surface area is 123 Å². The molecular weight excluding hydrogens is 275 g/mol. The van der Waals surface area contributed by atoms with Gasteiger partial charge in [-0.3, -0.25) is 4.79 Å². The number of nitrogens with two attached hydrogens (primary N) is 1. The van der Waals surface area contributed by atoms with E-state index in [2.05, 4.69) is 5.32 Å². The third-order valence-corrected chi connectivity index (χ3v) is 4.35. The zero-order valence-electron chi connectivity index (χ0n) is 11.7. The molecule has 110 valence electrons. The Morgan fingerprint density at radius 3 is 3.15 bits per heavy atom. The number of nitrogens with one attached hydrogen (secondary N) is 1. The number of aryl methyl sites for hydroxylation is 1. The van der Waals surface area contributed by atoms with Gasteiger partial charge in [-0.05, 0) is 61.0 Å². The second-order valence-corrected chi connectivity index (χ2v) is 6.17. The number of carbonyl (C=O) groups excluding carboxylic acids is 1. The highest BCUT2D eigenvalue weighted by atomic mass is 32.2. The number of amides is 1. The van der Waals surface area contributed by atoms with Crippen LogP contribution in [0.5, 0.6) is 0 Å². The van der Waals surface area contributed by atoms with Crippen molar-refractivity contribution in [3.8, 4) is 0 Å². The third kappa shape index (κ3) is 3.73. The van der Waals surface area contributed by atoms with Crippen LogP contribution >= 0.6 is 11.8 Å². The van der Waals surface area contributed by atoms with Crippen molar-refractivity contribution in [1.82, 2.24) is 5.32 Å². The molecule has 0 radical (unpaired) electrons. The standard InChI is InChI=1S/C15H21FN2OS/c1-20-8-7-13(17)15(19)18-14-4-2-3-10-9-11(16)5-6-12(10)14/h5-6,9,13-14H,2-4,7-8,17H2,1H3,(H,18,19). The first kappa shape index (κ1) is 15.3. The monoisotopic (exact) mass is 296 g/mol. The smallest absolute Gasteiger partial charge is 0.237 e. The molecule has 3 nitrogen and oxygen atoms in total. The van der Waals surface area contributed by atoms with Crippen molar-refractivity contribution in [2.45, 2.75) is 37.8 Å². The van der Waals surface area contributed by atoms with Gasteiger partial charge in [-0.2, -0.15) is 11.8 Å². The van der Waals surface area contributed by atoms with Crippen LogP contribution in [0.3, 0.4) is 0 Å². The van der Waals surface area contributed by atoms with Gasteiger partial charge in [-0.25, -0.2) is 4.39 Å². The Hall–Kier alpha value is -1.07. The molecule has 0 spiro atoms. The van der Waals surface area contributed by atoms with Crippen LogP contribution in [0.25, 0.3) is 0 Å². The van der Waals surface area contributed by atoms with Gasteiger partial charge < -0.3 is 11.1 Å². The molecule has 3 N–H and O–H groups in total. The lowest BCUT2D eigenvalue weighted by Crippen LogP contribution is -2.43. The Balaban J connectivity index is 2.03. The molecule has 5 heteroatoms. The molecule has 1 aliphatic carbocycles. The molecule has 2 rings (SSSR count). The fourth-order valence-corrected chi connectivity index (χ4v) is 3.08. The van der Waals surface area contributed by atoms with E-state index in [4.69, 9.17) is 5.73 Å². The van der Waals surface area contributed by atoms with E-state index in [1.165, 1.54) is 6.07 Å². The quantitative estimate of drug-likeness (QED) is 0.877. The molecule has 0 aromatic heterocycles. The summed E-state index contributed by atoms with van der Waals surface area (Å²) < 4.78 is 13.2. The molecule has 0 saturated heterocycles. The summed E-state index contributed by atoms with van der Waals surface area (Å²) in [7, 11) is 0. The van der Waals surface area contributed by atoms with Gasteiger partial charge in [-0.1, -0.05) is 6.07 Å². The van der Waals surface area contributed by atoms with E-state index < -0.39 is 6.04 Å². The molecule has 2 atom stereocenters. The topological polar surface area (TPSA) is 55.1 Å². The molecule has 0 aliphatic heterocycles. The first-order chi connectivity index (χ1) is 9.61. The average Bonchev–Trinajstić information content (AvgIpc) is 2.44. The first-order valence-corrected chi connectivity index (χ1v) is 8.34.